The Hall–Kier alpha value is 0.156. The number of aliphatic hydroxyl groups excluding tert-OH is 1. The SMILES string of the molecule is N#CC/C(C#N)=C/O.[K]. The van der Waals surface area contributed by atoms with Gasteiger partial charge < -0.3 is 5.11 Å². The van der Waals surface area contributed by atoms with Gasteiger partial charge in [-0.1, -0.05) is 0 Å². The average molecular weight is 147 g/mol. The summed E-state index contributed by atoms with van der Waals surface area (Å²) in [5.41, 5.74) is 0.0903. The predicted molar refractivity (Wildman–Crippen MR) is 32.3 cm³/mol. The third-order valence-electron chi connectivity index (χ3n) is 0.569. The molecule has 0 spiro atoms. The van der Waals surface area contributed by atoms with E-state index < -0.39 is 0 Å². The quantitative estimate of drug-likeness (QED) is 0.333. The summed E-state index contributed by atoms with van der Waals surface area (Å²) in [6.45, 7) is 0. The van der Waals surface area contributed by atoms with Crippen LogP contribution in [0.1, 0.15) is 6.42 Å². The maximum absolute atomic E-state index is 8.12. The average Bonchev–Trinajstić information content (AvgIpc) is 1.83. The van der Waals surface area contributed by atoms with E-state index in [1.54, 1.807) is 12.1 Å². The molecule has 0 aromatic carbocycles. The molecule has 0 bridgehead atoms. The minimum absolute atomic E-state index is 0. The molecular weight excluding hydrogens is 143 g/mol. The van der Waals surface area contributed by atoms with Gasteiger partial charge in [-0.15, -0.1) is 0 Å². The Bertz CT molecular complexity index is 174. The van der Waals surface area contributed by atoms with Crippen molar-refractivity contribution < 1.29 is 5.11 Å². The van der Waals surface area contributed by atoms with Crippen LogP contribution in [-0.4, -0.2) is 56.5 Å². The van der Waals surface area contributed by atoms with Crippen LogP contribution in [0.4, 0.5) is 0 Å². The molecule has 0 amide bonds. The van der Waals surface area contributed by atoms with Gasteiger partial charge >= 0.3 is 0 Å². The van der Waals surface area contributed by atoms with E-state index in [2.05, 4.69) is 0 Å². The first-order valence-corrected chi connectivity index (χ1v) is 1.95. The molecular formula is C5H4KN2O. The summed E-state index contributed by atoms with van der Waals surface area (Å²) in [4.78, 5) is 0. The fourth-order valence-corrected chi connectivity index (χ4v) is 0.199. The summed E-state index contributed by atoms with van der Waals surface area (Å²) in [6.07, 6.45) is 0.621. The largest absolute Gasteiger partial charge is 0.515 e. The molecule has 0 heterocycles. The number of rotatable bonds is 1. The normalized spacial score (nSPS) is 8.44. The molecule has 0 saturated heterocycles. The number of allylic oxidation sites excluding steroid dienone is 1. The van der Waals surface area contributed by atoms with Crippen molar-refractivity contribution in [3.63, 3.8) is 0 Å². The summed E-state index contributed by atoms with van der Waals surface area (Å²) < 4.78 is 0. The molecule has 0 aliphatic carbocycles. The summed E-state index contributed by atoms with van der Waals surface area (Å²) in [6, 6.07) is 3.36. The molecule has 0 aromatic heterocycles. The summed E-state index contributed by atoms with van der Waals surface area (Å²) in [5, 5.41) is 24.1. The molecule has 0 aliphatic rings. The van der Waals surface area contributed by atoms with Crippen molar-refractivity contribution >= 4 is 51.4 Å². The van der Waals surface area contributed by atoms with Crippen molar-refractivity contribution in [2.24, 2.45) is 0 Å². The van der Waals surface area contributed by atoms with Crippen molar-refractivity contribution in [2.45, 2.75) is 6.42 Å². The van der Waals surface area contributed by atoms with Crippen molar-refractivity contribution in [1.29, 1.82) is 10.5 Å². The molecule has 0 unspecified atom stereocenters. The second kappa shape index (κ2) is 8.16. The molecule has 41 valence electrons. The molecule has 1 radical (unpaired) electrons. The van der Waals surface area contributed by atoms with Crippen LogP contribution in [0.25, 0.3) is 0 Å². The van der Waals surface area contributed by atoms with Gasteiger partial charge in [0.1, 0.15) is 0 Å². The first kappa shape index (κ1) is 11.9. The number of aliphatic hydroxyl groups is 1. The van der Waals surface area contributed by atoms with Gasteiger partial charge in [0.2, 0.25) is 0 Å². The number of hydrogen-bond acceptors (Lipinski definition) is 3. The van der Waals surface area contributed by atoms with Gasteiger partial charge in [-0.2, -0.15) is 10.5 Å². The fourth-order valence-electron chi connectivity index (χ4n) is 0.199. The standard InChI is InChI=1S/C5H4N2O.K/c6-2-1-5(3-7)4-8;/h4,8H,1H2;/b5-4-;. The van der Waals surface area contributed by atoms with E-state index in [-0.39, 0.29) is 63.4 Å². The number of nitrogens with zero attached hydrogens (tertiary/aromatic N) is 2. The van der Waals surface area contributed by atoms with E-state index in [9.17, 15) is 0 Å². The van der Waals surface area contributed by atoms with Gasteiger partial charge in [0.25, 0.3) is 0 Å². The Labute approximate surface area is 96.0 Å². The Balaban J connectivity index is 0. The number of hydrogen-bond donors (Lipinski definition) is 1. The van der Waals surface area contributed by atoms with Gasteiger partial charge in [-0.05, 0) is 0 Å². The van der Waals surface area contributed by atoms with Crippen LogP contribution in [0.15, 0.2) is 11.8 Å². The second-order valence-electron chi connectivity index (χ2n) is 1.10. The van der Waals surface area contributed by atoms with E-state index >= 15 is 0 Å². The van der Waals surface area contributed by atoms with E-state index in [0.29, 0.717) is 6.26 Å². The van der Waals surface area contributed by atoms with Crippen LogP contribution in [0.2, 0.25) is 0 Å². The van der Waals surface area contributed by atoms with Crippen LogP contribution < -0.4 is 0 Å². The van der Waals surface area contributed by atoms with Gasteiger partial charge in [0, 0.05) is 51.4 Å². The smallest absolute Gasteiger partial charge is 0.0990 e. The first-order chi connectivity index (χ1) is 3.85. The van der Waals surface area contributed by atoms with Crippen molar-refractivity contribution in [2.75, 3.05) is 0 Å². The van der Waals surface area contributed by atoms with Crippen LogP contribution >= 0.6 is 0 Å². The molecule has 0 aliphatic heterocycles. The zero-order valence-corrected chi connectivity index (χ0v) is 8.25. The number of nitriles is 2. The van der Waals surface area contributed by atoms with Crippen LogP contribution in [0.3, 0.4) is 0 Å². The minimum atomic E-state index is -0.0208. The van der Waals surface area contributed by atoms with E-state index in [1.807, 2.05) is 0 Å². The third-order valence-corrected chi connectivity index (χ3v) is 0.569. The molecule has 0 aromatic rings. The topological polar surface area (TPSA) is 67.8 Å². The van der Waals surface area contributed by atoms with Crippen LogP contribution in [-0.2, 0) is 0 Å². The van der Waals surface area contributed by atoms with Gasteiger partial charge in [-0.25, -0.2) is 0 Å². The summed E-state index contributed by atoms with van der Waals surface area (Å²) in [7, 11) is 0. The Morgan fingerprint density at radius 1 is 1.56 bits per heavy atom. The molecule has 1 N–H and O–H groups in total. The molecule has 4 heteroatoms. The molecule has 0 saturated carbocycles. The monoisotopic (exact) mass is 147 g/mol. The molecule has 0 atom stereocenters. The maximum Gasteiger partial charge on any atom is 0.0990 e. The zero-order valence-electron chi connectivity index (χ0n) is 5.13. The van der Waals surface area contributed by atoms with Crippen molar-refractivity contribution in [3.05, 3.63) is 11.8 Å². The summed E-state index contributed by atoms with van der Waals surface area (Å²) in [5.74, 6) is 0. The third kappa shape index (κ3) is 6.04. The minimum Gasteiger partial charge on any atom is -0.515 e. The molecule has 3 nitrogen and oxygen atoms in total. The zero-order chi connectivity index (χ0) is 6.41. The Morgan fingerprint density at radius 3 is 2.22 bits per heavy atom. The van der Waals surface area contributed by atoms with Gasteiger partial charge in [0.15, 0.2) is 0 Å². The molecule has 9 heavy (non-hydrogen) atoms. The van der Waals surface area contributed by atoms with E-state index in [0.717, 1.165) is 0 Å². The first-order valence-electron chi connectivity index (χ1n) is 1.95. The van der Waals surface area contributed by atoms with Gasteiger partial charge in [-0.3, -0.25) is 0 Å². The van der Waals surface area contributed by atoms with Crippen LogP contribution in [0, 0.1) is 22.7 Å². The van der Waals surface area contributed by atoms with E-state index in [4.69, 9.17) is 15.6 Å². The van der Waals surface area contributed by atoms with E-state index in [1.165, 1.54) is 0 Å². The molecule has 0 fully saturated rings. The van der Waals surface area contributed by atoms with Crippen molar-refractivity contribution in [3.8, 4) is 12.1 Å². The predicted octanol–water partition coefficient (Wildman–Crippen LogP) is 0.485. The fraction of sp³-hybridized carbons (Fsp3) is 0.200. The second-order valence-corrected chi connectivity index (χ2v) is 1.10. The molecule has 0 rings (SSSR count). The van der Waals surface area contributed by atoms with Gasteiger partial charge in [0.05, 0.1) is 30.4 Å². The van der Waals surface area contributed by atoms with Crippen LogP contribution in [0.5, 0.6) is 0 Å². The Kier molecular flexibility index (Phi) is 10.8. The Morgan fingerprint density at radius 2 is 2.11 bits per heavy atom. The maximum atomic E-state index is 8.12. The summed E-state index contributed by atoms with van der Waals surface area (Å²) >= 11 is 0. The van der Waals surface area contributed by atoms with Crippen molar-refractivity contribution in [1.82, 2.24) is 0 Å².